The third kappa shape index (κ3) is 2.35. The number of hydrogen-bond acceptors (Lipinski definition) is 2. The Hall–Kier alpha value is -1.15. The van der Waals surface area contributed by atoms with Crippen LogP contribution >= 0.6 is 0 Å². The number of ketones is 1. The van der Waals surface area contributed by atoms with Gasteiger partial charge in [0.15, 0.2) is 5.78 Å². The highest BCUT2D eigenvalue weighted by molar-refractivity contribution is 5.99. The summed E-state index contributed by atoms with van der Waals surface area (Å²) in [6.07, 6.45) is 6.72. The van der Waals surface area contributed by atoms with Crippen LogP contribution in [0, 0.1) is 5.92 Å². The lowest BCUT2D eigenvalue weighted by Crippen LogP contribution is -2.20. The van der Waals surface area contributed by atoms with Crippen molar-refractivity contribution in [3.05, 3.63) is 35.4 Å². The molecule has 1 aliphatic heterocycles. The Kier molecular flexibility index (Phi) is 3.46. The van der Waals surface area contributed by atoms with Gasteiger partial charge in [0, 0.05) is 18.1 Å². The van der Waals surface area contributed by atoms with E-state index >= 15 is 0 Å². The Morgan fingerprint density at radius 1 is 1.17 bits per heavy atom. The van der Waals surface area contributed by atoms with E-state index in [-0.39, 0.29) is 5.92 Å². The van der Waals surface area contributed by atoms with Gasteiger partial charge in [-0.15, -0.1) is 0 Å². The van der Waals surface area contributed by atoms with E-state index in [0.717, 1.165) is 50.7 Å². The highest BCUT2D eigenvalue weighted by Gasteiger charge is 2.29. The molecule has 2 unspecified atom stereocenters. The Bertz CT molecular complexity index is 432. The molecule has 0 saturated carbocycles. The van der Waals surface area contributed by atoms with Crippen LogP contribution in [0.15, 0.2) is 24.3 Å². The minimum atomic E-state index is 0.178. The van der Waals surface area contributed by atoms with Crippen molar-refractivity contribution >= 4 is 5.78 Å². The average molecular weight is 244 g/mol. The molecule has 3 rings (SSSR count). The lowest BCUT2D eigenvalue weighted by Gasteiger charge is -2.17. The summed E-state index contributed by atoms with van der Waals surface area (Å²) in [5.41, 5.74) is 2.19. The first-order chi connectivity index (χ1) is 8.84. The van der Waals surface area contributed by atoms with Gasteiger partial charge in [-0.25, -0.2) is 0 Å². The van der Waals surface area contributed by atoms with Crippen LogP contribution in [0.25, 0.3) is 0 Å². The molecule has 0 aromatic heterocycles. The maximum Gasteiger partial charge on any atom is 0.166 e. The largest absolute Gasteiger partial charge is 0.378 e. The third-order valence-corrected chi connectivity index (χ3v) is 4.22. The quantitative estimate of drug-likeness (QED) is 0.745. The van der Waals surface area contributed by atoms with Crippen molar-refractivity contribution < 1.29 is 9.53 Å². The normalized spacial score (nSPS) is 27.9. The highest BCUT2D eigenvalue weighted by atomic mass is 16.5. The Morgan fingerprint density at radius 3 is 2.89 bits per heavy atom. The number of fused-ring (bicyclic) bond motifs is 1. The van der Waals surface area contributed by atoms with E-state index in [0.29, 0.717) is 11.9 Å². The van der Waals surface area contributed by atoms with Gasteiger partial charge in [-0.05, 0) is 44.1 Å². The number of ether oxygens (including phenoxy) is 1. The predicted molar refractivity (Wildman–Crippen MR) is 70.8 cm³/mol. The number of rotatable bonds is 2. The average Bonchev–Trinajstić information content (AvgIpc) is 2.85. The van der Waals surface area contributed by atoms with Crippen molar-refractivity contribution in [2.24, 2.45) is 5.92 Å². The number of carbonyl (C=O) groups is 1. The second-order valence-electron chi connectivity index (χ2n) is 5.48. The molecule has 1 aromatic rings. The van der Waals surface area contributed by atoms with Gasteiger partial charge in [0.05, 0.1) is 6.10 Å². The predicted octanol–water partition coefficient (Wildman–Crippen LogP) is 3.39. The number of hydrogen-bond donors (Lipinski definition) is 0. The first kappa shape index (κ1) is 11.9. The molecule has 0 N–H and O–H groups in total. The molecular weight excluding hydrogens is 224 g/mol. The number of Topliss-reactive ketones (excluding diaryl/α,β-unsaturated/α-hetero) is 1. The van der Waals surface area contributed by atoms with Crippen LogP contribution in [0.2, 0.25) is 0 Å². The fourth-order valence-electron chi connectivity index (χ4n) is 3.24. The summed E-state index contributed by atoms with van der Waals surface area (Å²) < 4.78 is 5.68. The van der Waals surface area contributed by atoms with Gasteiger partial charge < -0.3 is 4.74 Å². The summed E-state index contributed by atoms with van der Waals surface area (Å²) in [7, 11) is 0. The van der Waals surface area contributed by atoms with Gasteiger partial charge in [0.1, 0.15) is 0 Å². The molecule has 2 atom stereocenters. The SMILES string of the molecule is O=C1c2ccccc2CCCC1CC1CCCO1. The maximum absolute atomic E-state index is 12.6. The van der Waals surface area contributed by atoms with Gasteiger partial charge in [-0.1, -0.05) is 24.3 Å². The second kappa shape index (κ2) is 5.23. The Balaban J connectivity index is 1.78. The number of aryl methyl sites for hydroxylation is 1. The van der Waals surface area contributed by atoms with Gasteiger partial charge in [0.25, 0.3) is 0 Å². The van der Waals surface area contributed by atoms with Crippen LogP contribution < -0.4 is 0 Å². The lowest BCUT2D eigenvalue weighted by atomic mass is 9.89. The molecule has 0 radical (unpaired) electrons. The summed E-state index contributed by atoms with van der Waals surface area (Å²) in [6.45, 7) is 0.877. The zero-order valence-electron chi connectivity index (χ0n) is 10.7. The molecule has 0 amide bonds. The topological polar surface area (TPSA) is 26.3 Å². The van der Waals surface area contributed by atoms with E-state index in [2.05, 4.69) is 6.07 Å². The third-order valence-electron chi connectivity index (χ3n) is 4.22. The first-order valence-electron chi connectivity index (χ1n) is 7.08. The van der Waals surface area contributed by atoms with E-state index in [1.54, 1.807) is 0 Å². The second-order valence-corrected chi connectivity index (χ2v) is 5.48. The van der Waals surface area contributed by atoms with Gasteiger partial charge in [-0.2, -0.15) is 0 Å². The zero-order valence-corrected chi connectivity index (χ0v) is 10.7. The molecule has 0 bridgehead atoms. The minimum Gasteiger partial charge on any atom is -0.378 e. The van der Waals surface area contributed by atoms with Crippen LogP contribution in [0.1, 0.15) is 48.0 Å². The van der Waals surface area contributed by atoms with E-state index in [9.17, 15) is 4.79 Å². The van der Waals surface area contributed by atoms with Crippen molar-refractivity contribution in [3.63, 3.8) is 0 Å². The molecule has 96 valence electrons. The standard InChI is InChI=1S/C16H20O2/c17-16-13(11-14-8-4-10-18-14)7-3-6-12-5-1-2-9-15(12)16/h1-2,5,9,13-14H,3-4,6-8,10-11H2. The lowest BCUT2D eigenvalue weighted by molar-refractivity contribution is 0.0715. The summed E-state index contributed by atoms with van der Waals surface area (Å²) in [6, 6.07) is 8.10. The van der Waals surface area contributed by atoms with Gasteiger partial charge in [-0.3, -0.25) is 4.79 Å². The molecule has 2 aliphatic rings. The molecule has 2 heteroatoms. The summed E-state index contributed by atoms with van der Waals surface area (Å²) >= 11 is 0. The smallest absolute Gasteiger partial charge is 0.166 e. The van der Waals surface area contributed by atoms with Crippen LogP contribution in [0.3, 0.4) is 0 Å². The zero-order chi connectivity index (χ0) is 12.4. The Morgan fingerprint density at radius 2 is 2.06 bits per heavy atom. The summed E-state index contributed by atoms with van der Waals surface area (Å²) in [5, 5.41) is 0. The molecule has 1 fully saturated rings. The van der Waals surface area contributed by atoms with Gasteiger partial charge in [0.2, 0.25) is 0 Å². The molecule has 18 heavy (non-hydrogen) atoms. The van der Waals surface area contributed by atoms with Crippen molar-refractivity contribution in [1.29, 1.82) is 0 Å². The van der Waals surface area contributed by atoms with E-state index in [1.807, 2.05) is 18.2 Å². The van der Waals surface area contributed by atoms with Crippen molar-refractivity contribution in [2.45, 2.75) is 44.6 Å². The first-order valence-corrected chi connectivity index (χ1v) is 7.08. The summed E-state index contributed by atoms with van der Waals surface area (Å²) in [5.74, 6) is 0.523. The molecule has 0 spiro atoms. The van der Waals surface area contributed by atoms with Crippen molar-refractivity contribution in [3.8, 4) is 0 Å². The van der Waals surface area contributed by atoms with Crippen LogP contribution in [0.4, 0.5) is 0 Å². The molecule has 1 heterocycles. The van der Waals surface area contributed by atoms with E-state index < -0.39 is 0 Å². The highest BCUT2D eigenvalue weighted by Crippen LogP contribution is 2.30. The maximum atomic E-state index is 12.6. The monoisotopic (exact) mass is 244 g/mol. The molecule has 1 aliphatic carbocycles. The molecule has 2 nitrogen and oxygen atoms in total. The summed E-state index contributed by atoms with van der Waals surface area (Å²) in [4.78, 5) is 12.6. The fourth-order valence-corrected chi connectivity index (χ4v) is 3.24. The Labute approximate surface area is 108 Å². The molecule has 1 aromatic carbocycles. The van der Waals surface area contributed by atoms with Crippen molar-refractivity contribution in [1.82, 2.24) is 0 Å². The molecular formula is C16H20O2. The number of carbonyl (C=O) groups excluding carboxylic acids is 1. The minimum absolute atomic E-state index is 0.178. The number of benzene rings is 1. The fraction of sp³-hybridized carbons (Fsp3) is 0.562. The van der Waals surface area contributed by atoms with Crippen LogP contribution in [-0.4, -0.2) is 18.5 Å². The van der Waals surface area contributed by atoms with Crippen LogP contribution in [0.5, 0.6) is 0 Å². The molecule has 1 saturated heterocycles. The van der Waals surface area contributed by atoms with E-state index in [1.165, 1.54) is 5.56 Å². The van der Waals surface area contributed by atoms with Gasteiger partial charge >= 0.3 is 0 Å². The van der Waals surface area contributed by atoms with E-state index in [4.69, 9.17) is 4.74 Å². The van der Waals surface area contributed by atoms with Crippen LogP contribution in [-0.2, 0) is 11.2 Å². The van der Waals surface area contributed by atoms with Crippen molar-refractivity contribution in [2.75, 3.05) is 6.61 Å².